The Kier molecular flexibility index (Phi) is 5.18. The zero-order valence-electron chi connectivity index (χ0n) is 12.8. The Morgan fingerprint density at radius 1 is 1.27 bits per heavy atom. The van der Waals surface area contributed by atoms with Crippen LogP contribution in [-0.2, 0) is 14.8 Å². The monoisotopic (exact) mass is 328 g/mol. The number of halogens is 1. The van der Waals surface area contributed by atoms with E-state index in [1.807, 2.05) is 13.8 Å². The molecule has 0 bridgehead atoms. The molecule has 1 atom stereocenters. The van der Waals surface area contributed by atoms with Gasteiger partial charge in [0.2, 0.25) is 15.9 Å². The predicted molar refractivity (Wildman–Crippen MR) is 81.2 cm³/mol. The smallest absolute Gasteiger partial charge is 0.243 e. The summed E-state index contributed by atoms with van der Waals surface area (Å²) >= 11 is 0. The van der Waals surface area contributed by atoms with E-state index in [0.29, 0.717) is 13.1 Å². The third kappa shape index (κ3) is 3.47. The number of amides is 1. The fraction of sp³-hybridized carbons (Fsp3) is 0.533. The Morgan fingerprint density at radius 3 is 2.45 bits per heavy atom. The van der Waals surface area contributed by atoms with Crippen LogP contribution in [0.1, 0.15) is 20.3 Å². The molecular formula is C15H21FN2O3S. The summed E-state index contributed by atoms with van der Waals surface area (Å²) in [6.07, 6.45) is 0.765. The van der Waals surface area contributed by atoms with Gasteiger partial charge in [0.05, 0.1) is 4.90 Å². The molecule has 0 aromatic heterocycles. The number of sulfonamides is 1. The highest BCUT2D eigenvalue weighted by molar-refractivity contribution is 7.89. The summed E-state index contributed by atoms with van der Waals surface area (Å²) < 4.78 is 39.5. The van der Waals surface area contributed by atoms with Crippen LogP contribution >= 0.6 is 0 Å². The van der Waals surface area contributed by atoms with E-state index in [9.17, 15) is 17.6 Å². The van der Waals surface area contributed by atoms with Gasteiger partial charge < -0.3 is 4.90 Å². The van der Waals surface area contributed by atoms with E-state index in [-0.39, 0.29) is 29.8 Å². The van der Waals surface area contributed by atoms with Gasteiger partial charge in [0.15, 0.2) is 0 Å². The van der Waals surface area contributed by atoms with Crippen molar-refractivity contribution in [2.45, 2.75) is 25.2 Å². The molecule has 2 rings (SSSR count). The molecule has 1 fully saturated rings. The SMILES string of the molecule is CCC(C)C(=O)N1CCN(S(=O)(=O)c2cccc(F)c2)CC1. The number of nitrogens with zero attached hydrogens (tertiary/aromatic N) is 2. The molecule has 0 radical (unpaired) electrons. The highest BCUT2D eigenvalue weighted by atomic mass is 32.2. The summed E-state index contributed by atoms with van der Waals surface area (Å²) in [6, 6.07) is 4.99. The molecule has 1 unspecified atom stereocenters. The van der Waals surface area contributed by atoms with E-state index >= 15 is 0 Å². The van der Waals surface area contributed by atoms with E-state index in [0.717, 1.165) is 12.5 Å². The standard InChI is InChI=1S/C15H21FN2O3S/c1-3-12(2)15(19)17-7-9-18(10-8-17)22(20,21)14-6-4-5-13(16)11-14/h4-6,11-12H,3,7-10H2,1-2H3. The molecule has 0 aliphatic carbocycles. The van der Waals surface area contributed by atoms with Gasteiger partial charge in [0.25, 0.3) is 0 Å². The van der Waals surface area contributed by atoms with Crippen molar-refractivity contribution in [3.63, 3.8) is 0 Å². The van der Waals surface area contributed by atoms with Crippen molar-refractivity contribution in [1.82, 2.24) is 9.21 Å². The zero-order valence-corrected chi connectivity index (χ0v) is 13.6. The molecule has 5 nitrogen and oxygen atoms in total. The molecule has 1 aromatic carbocycles. The molecule has 0 saturated carbocycles. The third-order valence-corrected chi connectivity index (χ3v) is 5.91. The summed E-state index contributed by atoms with van der Waals surface area (Å²) in [5.41, 5.74) is 0. The van der Waals surface area contributed by atoms with Gasteiger partial charge in [-0.25, -0.2) is 12.8 Å². The van der Waals surface area contributed by atoms with Crippen LogP contribution in [0.2, 0.25) is 0 Å². The molecular weight excluding hydrogens is 307 g/mol. The lowest BCUT2D eigenvalue weighted by Gasteiger charge is -2.35. The van der Waals surface area contributed by atoms with Crippen molar-refractivity contribution in [3.05, 3.63) is 30.1 Å². The number of carbonyl (C=O) groups excluding carboxylic acids is 1. The third-order valence-electron chi connectivity index (χ3n) is 4.02. The number of rotatable bonds is 4. The maximum absolute atomic E-state index is 13.2. The highest BCUT2D eigenvalue weighted by Gasteiger charge is 2.31. The summed E-state index contributed by atoms with van der Waals surface area (Å²) in [5, 5.41) is 0. The molecule has 1 aliphatic heterocycles. The fourth-order valence-corrected chi connectivity index (χ4v) is 3.87. The van der Waals surface area contributed by atoms with Crippen molar-refractivity contribution in [2.75, 3.05) is 26.2 Å². The minimum atomic E-state index is -3.70. The lowest BCUT2D eigenvalue weighted by Crippen LogP contribution is -2.51. The first-order valence-electron chi connectivity index (χ1n) is 7.40. The molecule has 1 aliphatic rings. The topological polar surface area (TPSA) is 57.7 Å². The van der Waals surface area contributed by atoms with Crippen LogP contribution in [0.3, 0.4) is 0 Å². The van der Waals surface area contributed by atoms with Crippen molar-refractivity contribution >= 4 is 15.9 Å². The molecule has 122 valence electrons. The summed E-state index contributed by atoms with van der Waals surface area (Å²) in [6.45, 7) is 5.04. The Bertz CT molecular complexity index is 640. The van der Waals surface area contributed by atoms with Gasteiger partial charge in [0, 0.05) is 32.1 Å². The number of hydrogen-bond donors (Lipinski definition) is 0. The molecule has 1 amide bonds. The molecule has 1 aromatic rings. The van der Waals surface area contributed by atoms with Crippen LogP contribution in [0.25, 0.3) is 0 Å². The van der Waals surface area contributed by atoms with E-state index in [1.54, 1.807) is 4.90 Å². The average molecular weight is 328 g/mol. The van der Waals surface area contributed by atoms with Gasteiger partial charge in [-0.05, 0) is 24.6 Å². The molecule has 7 heteroatoms. The minimum absolute atomic E-state index is 0.0470. The second-order valence-electron chi connectivity index (χ2n) is 5.50. The fourth-order valence-electron chi connectivity index (χ4n) is 2.41. The Hall–Kier alpha value is -1.47. The Morgan fingerprint density at radius 2 is 1.91 bits per heavy atom. The van der Waals surface area contributed by atoms with Crippen molar-refractivity contribution in [2.24, 2.45) is 5.92 Å². The first-order valence-corrected chi connectivity index (χ1v) is 8.84. The van der Waals surface area contributed by atoms with Gasteiger partial charge in [-0.1, -0.05) is 19.9 Å². The molecule has 0 N–H and O–H groups in total. The van der Waals surface area contributed by atoms with Crippen molar-refractivity contribution in [3.8, 4) is 0 Å². The summed E-state index contributed by atoms with van der Waals surface area (Å²) in [4.78, 5) is 13.8. The van der Waals surface area contributed by atoms with Crippen LogP contribution in [-0.4, -0.2) is 49.7 Å². The van der Waals surface area contributed by atoms with E-state index < -0.39 is 15.8 Å². The van der Waals surface area contributed by atoms with Gasteiger partial charge in [0.1, 0.15) is 5.82 Å². The molecule has 1 saturated heterocycles. The van der Waals surface area contributed by atoms with Gasteiger partial charge >= 0.3 is 0 Å². The van der Waals surface area contributed by atoms with Crippen LogP contribution in [0.4, 0.5) is 4.39 Å². The second kappa shape index (κ2) is 6.75. The summed E-state index contributed by atoms with van der Waals surface area (Å²) in [7, 11) is -3.70. The van der Waals surface area contributed by atoms with Gasteiger partial charge in [-0.2, -0.15) is 4.31 Å². The number of benzene rings is 1. The second-order valence-corrected chi connectivity index (χ2v) is 7.43. The van der Waals surface area contributed by atoms with Crippen LogP contribution in [0.15, 0.2) is 29.2 Å². The predicted octanol–water partition coefficient (Wildman–Crippen LogP) is 1.70. The Balaban J connectivity index is 2.06. The molecule has 0 spiro atoms. The van der Waals surface area contributed by atoms with Crippen molar-refractivity contribution < 1.29 is 17.6 Å². The first kappa shape index (κ1) is 16.9. The maximum Gasteiger partial charge on any atom is 0.243 e. The zero-order chi connectivity index (χ0) is 16.3. The number of piperazine rings is 1. The van der Waals surface area contributed by atoms with Crippen LogP contribution in [0, 0.1) is 11.7 Å². The van der Waals surface area contributed by atoms with Crippen LogP contribution in [0.5, 0.6) is 0 Å². The molecule has 1 heterocycles. The highest BCUT2D eigenvalue weighted by Crippen LogP contribution is 2.19. The van der Waals surface area contributed by atoms with Gasteiger partial charge in [-0.3, -0.25) is 4.79 Å². The number of carbonyl (C=O) groups is 1. The van der Waals surface area contributed by atoms with E-state index in [2.05, 4.69) is 0 Å². The molecule has 22 heavy (non-hydrogen) atoms. The van der Waals surface area contributed by atoms with Gasteiger partial charge in [-0.15, -0.1) is 0 Å². The minimum Gasteiger partial charge on any atom is -0.340 e. The summed E-state index contributed by atoms with van der Waals surface area (Å²) in [5.74, 6) is -0.566. The largest absolute Gasteiger partial charge is 0.340 e. The van der Waals surface area contributed by atoms with Crippen LogP contribution < -0.4 is 0 Å². The Labute approximate surface area is 130 Å². The quantitative estimate of drug-likeness (QED) is 0.845. The van der Waals surface area contributed by atoms with E-state index in [1.165, 1.54) is 22.5 Å². The lowest BCUT2D eigenvalue weighted by molar-refractivity contribution is -0.136. The lowest BCUT2D eigenvalue weighted by atomic mass is 10.1. The first-order chi connectivity index (χ1) is 10.4. The van der Waals surface area contributed by atoms with E-state index in [4.69, 9.17) is 0 Å². The average Bonchev–Trinajstić information content (AvgIpc) is 2.53. The number of hydrogen-bond acceptors (Lipinski definition) is 3. The normalized spacial score (nSPS) is 18.2. The maximum atomic E-state index is 13.2. The van der Waals surface area contributed by atoms with Crippen molar-refractivity contribution in [1.29, 1.82) is 0 Å².